The number of aromatic carboxylic acids is 1. The van der Waals surface area contributed by atoms with Gasteiger partial charge in [-0.15, -0.1) is 0 Å². The van der Waals surface area contributed by atoms with Crippen LogP contribution in [0.15, 0.2) is 36.5 Å². The Balaban J connectivity index is 1.42. The van der Waals surface area contributed by atoms with Gasteiger partial charge in [0, 0.05) is 31.5 Å². The highest BCUT2D eigenvalue weighted by atomic mass is 16.5. The van der Waals surface area contributed by atoms with Crippen molar-refractivity contribution in [3.63, 3.8) is 0 Å². The highest BCUT2D eigenvalue weighted by Crippen LogP contribution is 2.51. The van der Waals surface area contributed by atoms with Crippen LogP contribution in [0.3, 0.4) is 0 Å². The van der Waals surface area contributed by atoms with Gasteiger partial charge in [0.25, 0.3) is 0 Å². The molecular formula is C19H20N4O4. The molecule has 0 unspecified atom stereocenters. The van der Waals surface area contributed by atoms with Gasteiger partial charge in [-0.05, 0) is 5.56 Å². The summed E-state index contributed by atoms with van der Waals surface area (Å²) in [4.78, 5) is 28.3. The Bertz CT molecular complexity index is 898. The predicted molar refractivity (Wildman–Crippen MR) is 93.7 cm³/mol. The first-order chi connectivity index (χ1) is 13.1. The van der Waals surface area contributed by atoms with E-state index in [4.69, 9.17) is 4.74 Å². The summed E-state index contributed by atoms with van der Waals surface area (Å²) < 4.78 is 6.28. The second-order valence-corrected chi connectivity index (χ2v) is 7.36. The first-order valence-electron chi connectivity index (χ1n) is 9.11. The molecule has 1 spiro atoms. The number of rotatable bonds is 4. The van der Waals surface area contributed by atoms with E-state index in [9.17, 15) is 14.7 Å². The molecule has 8 heteroatoms. The van der Waals surface area contributed by atoms with Gasteiger partial charge in [-0.1, -0.05) is 30.3 Å². The molecule has 3 fully saturated rings. The number of aromatic nitrogens is 2. The number of H-pyrrole nitrogens is 1. The van der Waals surface area contributed by atoms with Crippen molar-refractivity contribution >= 4 is 11.9 Å². The zero-order valence-corrected chi connectivity index (χ0v) is 14.7. The Morgan fingerprint density at radius 2 is 2.19 bits per heavy atom. The molecule has 1 aromatic heterocycles. The van der Waals surface area contributed by atoms with Gasteiger partial charge in [0.05, 0.1) is 24.9 Å². The topological polar surface area (TPSA) is 98.8 Å². The van der Waals surface area contributed by atoms with Gasteiger partial charge >= 0.3 is 5.97 Å². The summed E-state index contributed by atoms with van der Waals surface area (Å²) in [5, 5.41) is 15.7. The molecule has 3 aliphatic heterocycles. The molecule has 3 saturated heterocycles. The Hall–Kier alpha value is -2.71. The summed E-state index contributed by atoms with van der Waals surface area (Å²) in [7, 11) is 0. The van der Waals surface area contributed by atoms with E-state index in [1.807, 2.05) is 35.2 Å². The van der Waals surface area contributed by atoms with Crippen LogP contribution >= 0.6 is 0 Å². The largest absolute Gasteiger partial charge is 0.477 e. The summed E-state index contributed by atoms with van der Waals surface area (Å²) in [5.41, 5.74) is 1.21. The molecule has 3 aliphatic rings. The fourth-order valence-corrected chi connectivity index (χ4v) is 4.87. The van der Waals surface area contributed by atoms with Crippen LogP contribution < -0.4 is 0 Å². The molecule has 27 heavy (non-hydrogen) atoms. The lowest BCUT2D eigenvalue weighted by molar-refractivity contribution is -0.138. The van der Waals surface area contributed by atoms with E-state index in [1.54, 1.807) is 6.20 Å². The third-order valence-corrected chi connectivity index (χ3v) is 6.06. The van der Waals surface area contributed by atoms with Crippen LogP contribution in [0.4, 0.5) is 0 Å². The highest BCUT2D eigenvalue weighted by molar-refractivity contribution is 5.87. The minimum Gasteiger partial charge on any atom is -0.477 e. The number of hydrogen-bond donors (Lipinski definition) is 2. The van der Waals surface area contributed by atoms with Crippen molar-refractivity contribution in [1.29, 1.82) is 0 Å². The first kappa shape index (κ1) is 16.5. The van der Waals surface area contributed by atoms with Gasteiger partial charge in [-0.3, -0.25) is 14.8 Å². The van der Waals surface area contributed by atoms with E-state index in [-0.39, 0.29) is 23.7 Å². The lowest BCUT2D eigenvalue weighted by Gasteiger charge is -2.33. The van der Waals surface area contributed by atoms with Crippen LogP contribution in [-0.2, 0) is 16.1 Å². The van der Waals surface area contributed by atoms with E-state index in [2.05, 4.69) is 15.1 Å². The Morgan fingerprint density at radius 1 is 1.37 bits per heavy atom. The van der Waals surface area contributed by atoms with E-state index in [1.165, 1.54) is 0 Å². The van der Waals surface area contributed by atoms with Crippen molar-refractivity contribution in [2.45, 2.75) is 37.2 Å². The van der Waals surface area contributed by atoms with Gasteiger partial charge in [0.15, 0.2) is 5.72 Å². The lowest BCUT2D eigenvalue weighted by atomic mass is 10.0. The van der Waals surface area contributed by atoms with E-state index in [0.29, 0.717) is 25.1 Å². The first-order valence-corrected chi connectivity index (χ1v) is 9.11. The molecule has 0 bridgehead atoms. The maximum absolute atomic E-state index is 12.9. The van der Waals surface area contributed by atoms with Gasteiger partial charge < -0.3 is 14.7 Å². The van der Waals surface area contributed by atoms with Crippen LogP contribution in [0, 0.1) is 0 Å². The zero-order chi connectivity index (χ0) is 18.6. The summed E-state index contributed by atoms with van der Waals surface area (Å²) >= 11 is 0. The Morgan fingerprint density at radius 3 is 2.96 bits per heavy atom. The van der Waals surface area contributed by atoms with Crippen molar-refractivity contribution in [1.82, 2.24) is 20.0 Å². The quantitative estimate of drug-likeness (QED) is 0.846. The molecule has 0 radical (unpaired) electrons. The van der Waals surface area contributed by atoms with Crippen LogP contribution in [0.5, 0.6) is 0 Å². The van der Waals surface area contributed by atoms with Crippen molar-refractivity contribution in [3.8, 4) is 0 Å². The van der Waals surface area contributed by atoms with Crippen LogP contribution in [0.1, 0.15) is 40.5 Å². The third-order valence-electron chi connectivity index (χ3n) is 6.06. The van der Waals surface area contributed by atoms with Crippen molar-refractivity contribution in [3.05, 3.63) is 53.3 Å². The standard InChI is InChI=1S/C19H20N4O4/c24-16-8-15-19(23(16)14(11-27-19)12-4-2-1-3-5-12)6-7-22(15)10-13-9-20-21-17(13)18(25)26/h1-5,9,14-15H,6-8,10-11H2,(H,20,21)(H,25,26)/t14-,15+,19-/m0/s1. The number of likely N-dealkylation sites (tertiary alicyclic amines) is 1. The SMILES string of the molecule is O=C(O)c1[nH]ncc1CN1CC[C@@]23OC[C@@H](c4ccccc4)N2C(=O)C[C@@H]13. The monoisotopic (exact) mass is 368 g/mol. The van der Waals surface area contributed by atoms with Gasteiger partial charge in [0.1, 0.15) is 5.69 Å². The molecule has 2 N–H and O–H groups in total. The zero-order valence-electron chi connectivity index (χ0n) is 14.7. The number of benzene rings is 1. The maximum atomic E-state index is 12.9. The number of carbonyl (C=O) groups is 2. The number of amides is 1. The molecule has 8 nitrogen and oxygen atoms in total. The Labute approximate surface area is 155 Å². The van der Waals surface area contributed by atoms with E-state index in [0.717, 1.165) is 18.5 Å². The molecule has 2 aromatic rings. The minimum absolute atomic E-state index is 0.0628. The molecule has 4 heterocycles. The van der Waals surface area contributed by atoms with Crippen molar-refractivity contribution in [2.24, 2.45) is 0 Å². The average Bonchev–Trinajstić information content (AvgIpc) is 3.40. The highest BCUT2D eigenvalue weighted by Gasteiger charge is 2.64. The molecule has 0 saturated carbocycles. The van der Waals surface area contributed by atoms with Gasteiger partial charge in [0.2, 0.25) is 5.91 Å². The summed E-state index contributed by atoms with van der Waals surface area (Å²) in [6.07, 6.45) is 2.67. The summed E-state index contributed by atoms with van der Waals surface area (Å²) in [6, 6.07) is 9.85. The number of hydrogen-bond acceptors (Lipinski definition) is 5. The lowest BCUT2D eigenvalue weighted by Crippen LogP contribution is -2.48. The fraction of sp³-hybridized carbons (Fsp3) is 0.421. The molecule has 1 amide bonds. The molecule has 3 atom stereocenters. The minimum atomic E-state index is -1.03. The van der Waals surface area contributed by atoms with E-state index < -0.39 is 11.7 Å². The number of carboxylic acids is 1. The second kappa shape index (κ2) is 5.90. The number of ether oxygens (including phenoxy) is 1. The van der Waals surface area contributed by atoms with Crippen LogP contribution in [0.25, 0.3) is 0 Å². The number of carboxylic acid groups (broad SMARTS) is 1. The molecule has 5 rings (SSSR count). The summed E-state index contributed by atoms with van der Waals surface area (Å²) in [6.45, 7) is 1.68. The third kappa shape index (κ3) is 2.33. The number of aromatic amines is 1. The molecule has 1 aromatic carbocycles. The smallest absolute Gasteiger partial charge is 0.354 e. The van der Waals surface area contributed by atoms with Crippen molar-refractivity contribution in [2.75, 3.05) is 13.2 Å². The van der Waals surface area contributed by atoms with E-state index >= 15 is 0 Å². The fourth-order valence-electron chi connectivity index (χ4n) is 4.87. The van der Waals surface area contributed by atoms with Crippen molar-refractivity contribution < 1.29 is 19.4 Å². The van der Waals surface area contributed by atoms with Crippen LogP contribution in [-0.4, -0.2) is 61.9 Å². The van der Waals surface area contributed by atoms with Gasteiger partial charge in [-0.2, -0.15) is 5.10 Å². The maximum Gasteiger partial charge on any atom is 0.354 e. The number of nitrogens with zero attached hydrogens (tertiary/aromatic N) is 3. The normalized spacial score (nSPS) is 29.9. The average molecular weight is 368 g/mol. The second-order valence-electron chi connectivity index (χ2n) is 7.36. The van der Waals surface area contributed by atoms with Crippen LogP contribution in [0.2, 0.25) is 0 Å². The molecular weight excluding hydrogens is 348 g/mol. The number of nitrogens with one attached hydrogen (secondary N) is 1. The number of carbonyl (C=O) groups excluding carboxylic acids is 1. The predicted octanol–water partition coefficient (Wildman–Crippen LogP) is 1.38. The van der Waals surface area contributed by atoms with Gasteiger partial charge in [-0.25, -0.2) is 4.79 Å². The summed E-state index contributed by atoms with van der Waals surface area (Å²) in [5.74, 6) is -0.927. The molecule has 140 valence electrons. The molecule has 0 aliphatic carbocycles. The Kier molecular flexibility index (Phi) is 3.60.